The normalized spacial score (nSPS) is 32.0. The molecular weight excluding hydrogens is 322 g/mol. The lowest BCUT2D eigenvalue weighted by atomic mass is 9.53. The highest BCUT2D eigenvalue weighted by Gasteiger charge is 2.51. The van der Waals surface area contributed by atoms with Crippen LogP contribution in [0.1, 0.15) is 44.1 Å². The van der Waals surface area contributed by atoms with Crippen LogP contribution in [0.15, 0.2) is 30.3 Å². The van der Waals surface area contributed by atoms with Crippen LogP contribution in [0, 0.1) is 17.8 Å². The second-order valence-corrected chi connectivity index (χ2v) is 9.34. The average molecular weight is 356 g/mol. The van der Waals surface area contributed by atoms with Crippen molar-refractivity contribution in [1.29, 1.82) is 0 Å². The van der Waals surface area contributed by atoms with Gasteiger partial charge in [-0.1, -0.05) is 30.3 Å². The van der Waals surface area contributed by atoms with Crippen LogP contribution >= 0.6 is 0 Å². The summed E-state index contributed by atoms with van der Waals surface area (Å²) in [6, 6.07) is 10.5. The molecule has 4 saturated carbocycles. The molecule has 0 saturated heterocycles. The van der Waals surface area contributed by atoms with E-state index < -0.39 is 0 Å². The zero-order valence-electron chi connectivity index (χ0n) is 16.3. The highest BCUT2D eigenvalue weighted by molar-refractivity contribution is 5.75. The molecule has 0 radical (unpaired) electrons. The Bertz CT molecular complexity index is 592. The van der Waals surface area contributed by atoms with Crippen LogP contribution in [-0.2, 0) is 6.54 Å². The first-order valence-electron chi connectivity index (χ1n) is 10.3. The summed E-state index contributed by atoms with van der Waals surface area (Å²) in [5.41, 5.74) is 1.28. The van der Waals surface area contributed by atoms with Crippen molar-refractivity contribution >= 4 is 6.03 Å². The Balaban J connectivity index is 1.45. The Labute approximate surface area is 157 Å². The van der Waals surface area contributed by atoms with Crippen LogP contribution in [-0.4, -0.2) is 48.6 Å². The lowest BCUT2D eigenvalue weighted by Gasteiger charge is -2.57. The molecule has 2 amide bonds. The fourth-order valence-corrected chi connectivity index (χ4v) is 5.95. The van der Waals surface area contributed by atoms with Crippen LogP contribution in [0.4, 0.5) is 4.79 Å². The van der Waals surface area contributed by atoms with Crippen LogP contribution in [0.3, 0.4) is 0 Å². The van der Waals surface area contributed by atoms with Crippen molar-refractivity contribution < 1.29 is 4.79 Å². The van der Waals surface area contributed by atoms with Gasteiger partial charge in [0.1, 0.15) is 0 Å². The van der Waals surface area contributed by atoms with E-state index in [-0.39, 0.29) is 11.6 Å². The Morgan fingerprint density at radius 2 is 1.58 bits per heavy atom. The molecule has 4 heteroatoms. The largest absolute Gasteiger partial charge is 0.333 e. The third-order valence-electron chi connectivity index (χ3n) is 6.73. The molecule has 1 aromatic carbocycles. The number of hydrogen-bond acceptors (Lipinski definition) is 2. The summed E-state index contributed by atoms with van der Waals surface area (Å²) < 4.78 is 0. The zero-order chi connectivity index (χ0) is 18.1. The maximum Gasteiger partial charge on any atom is 0.318 e. The number of rotatable bonds is 6. The molecule has 5 rings (SSSR count). The molecule has 0 atom stereocenters. The van der Waals surface area contributed by atoms with E-state index in [1.807, 2.05) is 11.0 Å². The summed E-state index contributed by atoms with van der Waals surface area (Å²) >= 11 is 0. The highest BCUT2D eigenvalue weighted by atomic mass is 16.2. The first-order chi connectivity index (χ1) is 12.5. The third kappa shape index (κ3) is 3.90. The second-order valence-electron chi connectivity index (χ2n) is 9.34. The Morgan fingerprint density at radius 3 is 2.12 bits per heavy atom. The monoisotopic (exact) mass is 355 g/mol. The van der Waals surface area contributed by atoms with E-state index in [0.717, 1.165) is 30.8 Å². The molecule has 26 heavy (non-hydrogen) atoms. The quantitative estimate of drug-likeness (QED) is 0.844. The minimum atomic E-state index is 0.0822. The minimum Gasteiger partial charge on any atom is -0.333 e. The topological polar surface area (TPSA) is 35.6 Å². The van der Waals surface area contributed by atoms with Crippen LogP contribution in [0.5, 0.6) is 0 Å². The molecule has 0 unspecified atom stereocenters. The van der Waals surface area contributed by atoms with Crippen molar-refractivity contribution in [2.75, 3.05) is 27.2 Å². The number of urea groups is 1. The number of amides is 2. The molecular formula is C22H33N3O. The lowest BCUT2D eigenvalue weighted by Crippen LogP contribution is -2.62. The number of carbonyl (C=O) groups excluding carboxylic acids is 1. The zero-order valence-corrected chi connectivity index (χ0v) is 16.3. The first-order valence-corrected chi connectivity index (χ1v) is 10.3. The van der Waals surface area contributed by atoms with E-state index in [0.29, 0.717) is 6.54 Å². The van der Waals surface area contributed by atoms with Crippen LogP contribution in [0.25, 0.3) is 0 Å². The molecule has 4 fully saturated rings. The van der Waals surface area contributed by atoms with Crippen molar-refractivity contribution in [3.63, 3.8) is 0 Å². The number of benzene rings is 1. The van der Waals surface area contributed by atoms with Crippen molar-refractivity contribution in [3.05, 3.63) is 35.9 Å². The summed E-state index contributed by atoms with van der Waals surface area (Å²) in [6.07, 6.45) is 7.84. The smallest absolute Gasteiger partial charge is 0.318 e. The molecule has 1 N–H and O–H groups in total. The summed E-state index contributed by atoms with van der Waals surface area (Å²) in [5, 5.41) is 3.54. The minimum absolute atomic E-state index is 0.0822. The molecule has 4 nitrogen and oxygen atoms in total. The van der Waals surface area contributed by atoms with E-state index in [9.17, 15) is 4.79 Å². The molecule has 4 aliphatic rings. The average Bonchev–Trinajstić information content (AvgIpc) is 2.57. The molecule has 1 aromatic rings. The van der Waals surface area contributed by atoms with E-state index in [4.69, 9.17) is 0 Å². The van der Waals surface area contributed by atoms with Gasteiger partial charge in [-0.3, -0.25) is 0 Å². The maximum atomic E-state index is 13.2. The number of nitrogens with zero attached hydrogens (tertiary/aromatic N) is 2. The molecule has 4 aliphatic carbocycles. The van der Waals surface area contributed by atoms with Gasteiger partial charge in [-0.15, -0.1) is 0 Å². The van der Waals surface area contributed by atoms with Crippen LogP contribution < -0.4 is 5.32 Å². The van der Waals surface area contributed by atoms with Gasteiger partial charge in [0.2, 0.25) is 0 Å². The molecule has 0 heterocycles. The van der Waals surface area contributed by atoms with E-state index in [2.05, 4.69) is 48.6 Å². The summed E-state index contributed by atoms with van der Waals surface area (Å²) in [5.74, 6) is 2.56. The summed E-state index contributed by atoms with van der Waals surface area (Å²) in [4.78, 5) is 17.4. The van der Waals surface area contributed by atoms with E-state index >= 15 is 0 Å². The fraction of sp³-hybridized carbons (Fsp3) is 0.682. The molecule has 142 valence electrons. The van der Waals surface area contributed by atoms with Gasteiger partial charge in [-0.2, -0.15) is 0 Å². The van der Waals surface area contributed by atoms with Crippen molar-refractivity contribution in [2.45, 2.75) is 50.6 Å². The lowest BCUT2D eigenvalue weighted by molar-refractivity contribution is -0.0158. The van der Waals surface area contributed by atoms with Gasteiger partial charge in [0.15, 0.2) is 0 Å². The Hall–Kier alpha value is -1.55. The molecule has 4 bridgehead atoms. The van der Waals surface area contributed by atoms with Crippen LogP contribution in [0.2, 0.25) is 0 Å². The predicted octanol–water partition coefficient (Wildman–Crippen LogP) is 3.73. The number of nitrogens with one attached hydrogen (secondary N) is 1. The van der Waals surface area contributed by atoms with Gasteiger partial charge in [0.25, 0.3) is 0 Å². The summed E-state index contributed by atoms with van der Waals surface area (Å²) in [7, 11) is 4.13. The van der Waals surface area contributed by atoms with Gasteiger partial charge in [0.05, 0.1) is 0 Å². The van der Waals surface area contributed by atoms with Gasteiger partial charge in [-0.25, -0.2) is 4.79 Å². The first kappa shape index (κ1) is 17.8. The SMILES string of the molecule is CN(C)CCN(Cc1ccccc1)C(=O)NC12CC3CC(CC(C3)C1)C2. The maximum absolute atomic E-state index is 13.2. The van der Waals surface area contributed by atoms with E-state index in [1.165, 1.54) is 44.1 Å². The highest BCUT2D eigenvalue weighted by Crippen LogP contribution is 2.55. The Morgan fingerprint density at radius 1 is 1.00 bits per heavy atom. The van der Waals surface area contributed by atoms with Gasteiger partial charge < -0.3 is 15.1 Å². The standard InChI is InChI=1S/C22H33N3O/c1-24(2)8-9-25(16-17-6-4-3-5-7-17)21(26)23-22-13-18-10-19(14-22)12-20(11-18)15-22/h3-7,18-20H,8-16H2,1-2H3,(H,23,26). The predicted molar refractivity (Wildman–Crippen MR) is 105 cm³/mol. The van der Waals surface area contributed by atoms with Crippen molar-refractivity contribution in [2.24, 2.45) is 17.8 Å². The van der Waals surface area contributed by atoms with Crippen molar-refractivity contribution in [3.8, 4) is 0 Å². The molecule has 0 spiro atoms. The van der Waals surface area contributed by atoms with E-state index in [1.54, 1.807) is 0 Å². The molecule has 0 aliphatic heterocycles. The van der Waals surface area contributed by atoms with Gasteiger partial charge in [0, 0.05) is 25.2 Å². The van der Waals surface area contributed by atoms with Gasteiger partial charge in [-0.05, 0) is 75.9 Å². The third-order valence-corrected chi connectivity index (χ3v) is 6.73. The fourth-order valence-electron chi connectivity index (χ4n) is 5.95. The number of likely N-dealkylation sites (N-methyl/N-ethyl adjacent to an activating group) is 1. The summed E-state index contributed by atoms with van der Waals surface area (Å²) in [6.45, 7) is 2.34. The van der Waals surface area contributed by atoms with Crippen molar-refractivity contribution in [1.82, 2.24) is 15.1 Å². The Kier molecular flexibility index (Phi) is 4.96. The number of carbonyl (C=O) groups is 1. The second kappa shape index (κ2) is 7.22. The molecule has 0 aromatic heterocycles. The van der Waals surface area contributed by atoms with Gasteiger partial charge >= 0.3 is 6.03 Å². The number of hydrogen-bond donors (Lipinski definition) is 1.